The van der Waals surface area contributed by atoms with Crippen LogP contribution in [-0.2, 0) is 9.59 Å². The molecule has 1 saturated carbocycles. The second-order valence-electron chi connectivity index (χ2n) is 6.25. The zero-order chi connectivity index (χ0) is 17.5. The first-order chi connectivity index (χ1) is 11.5. The summed E-state index contributed by atoms with van der Waals surface area (Å²) in [6.07, 6.45) is 2.39. The molecule has 0 bridgehead atoms. The molecule has 0 heterocycles. The monoisotopic (exact) mass is 333 g/mol. The van der Waals surface area contributed by atoms with E-state index in [1.807, 2.05) is 30.9 Å². The number of methoxy groups -OCH3 is 1. The smallest absolute Gasteiger partial charge is 0.238 e. The summed E-state index contributed by atoms with van der Waals surface area (Å²) in [5.41, 5.74) is 0.632. The van der Waals surface area contributed by atoms with Crippen LogP contribution in [0.4, 0.5) is 5.69 Å². The molecule has 1 aliphatic carbocycles. The van der Waals surface area contributed by atoms with E-state index < -0.39 is 0 Å². The van der Waals surface area contributed by atoms with E-state index in [0.29, 0.717) is 23.9 Å². The Hall–Kier alpha value is -2.08. The Morgan fingerprint density at radius 1 is 1.25 bits per heavy atom. The number of anilines is 1. The maximum Gasteiger partial charge on any atom is 0.238 e. The van der Waals surface area contributed by atoms with Crippen molar-refractivity contribution in [3.8, 4) is 5.75 Å². The van der Waals surface area contributed by atoms with Crippen LogP contribution in [0.3, 0.4) is 0 Å². The molecule has 6 nitrogen and oxygen atoms in total. The van der Waals surface area contributed by atoms with Crippen LogP contribution in [0.1, 0.15) is 26.7 Å². The second kappa shape index (κ2) is 8.68. The maximum atomic E-state index is 12.2. The number of benzene rings is 1. The van der Waals surface area contributed by atoms with Gasteiger partial charge in [0, 0.05) is 6.04 Å². The number of para-hydroxylation sites is 2. The minimum absolute atomic E-state index is 0.0265. The van der Waals surface area contributed by atoms with Crippen LogP contribution in [0.2, 0.25) is 0 Å². The predicted octanol–water partition coefficient (Wildman–Crippen LogP) is 1.87. The number of ether oxygens (including phenoxy) is 1. The van der Waals surface area contributed by atoms with Gasteiger partial charge in [0.2, 0.25) is 11.8 Å². The molecule has 1 fully saturated rings. The Morgan fingerprint density at radius 2 is 1.92 bits per heavy atom. The summed E-state index contributed by atoms with van der Waals surface area (Å²) < 4.78 is 5.22. The number of amides is 2. The molecule has 24 heavy (non-hydrogen) atoms. The van der Waals surface area contributed by atoms with Gasteiger partial charge in [0.15, 0.2) is 0 Å². The second-order valence-corrected chi connectivity index (χ2v) is 6.25. The number of hydrogen-bond acceptors (Lipinski definition) is 4. The van der Waals surface area contributed by atoms with E-state index in [-0.39, 0.29) is 30.9 Å². The summed E-state index contributed by atoms with van der Waals surface area (Å²) >= 11 is 0. The molecule has 1 aliphatic rings. The highest BCUT2D eigenvalue weighted by atomic mass is 16.5. The van der Waals surface area contributed by atoms with Crippen LogP contribution in [0.15, 0.2) is 24.3 Å². The Balaban J connectivity index is 1.82. The SMILES string of the molecule is CCN(CC(=O)Nc1ccccc1OC)CC(=O)N[C@H](C)C1CC1. The highest BCUT2D eigenvalue weighted by Gasteiger charge is 2.29. The van der Waals surface area contributed by atoms with Crippen molar-refractivity contribution in [3.05, 3.63) is 24.3 Å². The first kappa shape index (κ1) is 18.3. The van der Waals surface area contributed by atoms with Gasteiger partial charge < -0.3 is 15.4 Å². The molecule has 6 heteroatoms. The molecule has 0 spiro atoms. The summed E-state index contributed by atoms with van der Waals surface area (Å²) in [7, 11) is 1.56. The molecule has 0 aromatic heterocycles. The Labute approximate surface area is 143 Å². The van der Waals surface area contributed by atoms with Gasteiger partial charge in [-0.05, 0) is 44.4 Å². The van der Waals surface area contributed by atoms with Crippen LogP contribution in [0, 0.1) is 5.92 Å². The van der Waals surface area contributed by atoms with E-state index in [2.05, 4.69) is 10.6 Å². The minimum atomic E-state index is -0.163. The van der Waals surface area contributed by atoms with E-state index in [1.54, 1.807) is 19.2 Å². The number of nitrogens with zero attached hydrogens (tertiary/aromatic N) is 1. The quantitative estimate of drug-likeness (QED) is 0.724. The van der Waals surface area contributed by atoms with Crippen molar-refractivity contribution in [2.45, 2.75) is 32.7 Å². The van der Waals surface area contributed by atoms with Crippen molar-refractivity contribution in [2.24, 2.45) is 5.92 Å². The first-order valence-electron chi connectivity index (χ1n) is 8.48. The molecule has 0 unspecified atom stereocenters. The molecule has 2 rings (SSSR count). The number of nitrogens with one attached hydrogen (secondary N) is 2. The number of rotatable bonds is 9. The third-order valence-electron chi connectivity index (χ3n) is 4.28. The third kappa shape index (κ3) is 5.53. The van der Waals surface area contributed by atoms with Crippen molar-refractivity contribution in [1.82, 2.24) is 10.2 Å². The van der Waals surface area contributed by atoms with Gasteiger partial charge in [-0.2, -0.15) is 0 Å². The van der Waals surface area contributed by atoms with E-state index >= 15 is 0 Å². The molecule has 1 aromatic carbocycles. The van der Waals surface area contributed by atoms with Gasteiger partial charge in [-0.15, -0.1) is 0 Å². The van der Waals surface area contributed by atoms with Crippen LogP contribution in [0.5, 0.6) is 5.75 Å². The van der Waals surface area contributed by atoms with Gasteiger partial charge >= 0.3 is 0 Å². The lowest BCUT2D eigenvalue weighted by Crippen LogP contribution is -2.44. The van der Waals surface area contributed by atoms with E-state index in [4.69, 9.17) is 4.74 Å². The van der Waals surface area contributed by atoms with Crippen molar-refractivity contribution in [3.63, 3.8) is 0 Å². The van der Waals surface area contributed by atoms with Crippen LogP contribution < -0.4 is 15.4 Å². The fourth-order valence-corrected chi connectivity index (χ4v) is 2.64. The van der Waals surface area contributed by atoms with Crippen LogP contribution in [0.25, 0.3) is 0 Å². The largest absolute Gasteiger partial charge is 0.495 e. The normalized spacial score (nSPS) is 15.0. The Morgan fingerprint density at radius 3 is 2.54 bits per heavy atom. The molecular formula is C18H27N3O3. The molecule has 1 aromatic rings. The van der Waals surface area contributed by atoms with Crippen LogP contribution in [-0.4, -0.2) is 49.5 Å². The van der Waals surface area contributed by atoms with Gasteiger partial charge in [-0.3, -0.25) is 14.5 Å². The fraction of sp³-hybridized carbons (Fsp3) is 0.556. The first-order valence-corrected chi connectivity index (χ1v) is 8.48. The molecule has 2 N–H and O–H groups in total. The summed E-state index contributed by atoms with van der Waals surface area (Å²) in [6.45, 7) is 5.01. The molecule has 0 saturated heterocycles. The fourth-order valence-electron chi connectivity index (χ4n) is 2.64. The summed E-state index contributed by atoms with van der Waals surface area (Å²) in [5.74, 6) is 1.05. The van der Waals surface area contributed by atoms with E-state index in [0.717, 1.165) is 0 Å². The topological polar surface area (TPSA) is 70.7 Å². The number of carbonyl (C=O) groups excluding carboxylic acids is 2. The summed E-state index contributed by atoms with van der Waals surface area (Å²) in [4.78, 5) is 26.1. The zero-order valence-corrected chi connectivity index (χ0v) is 14.7. The maximum absolute atomic E-state index is 12.2. The standard InChI is InChI=1S/C18H27N3O3/c1-4-21(11-17(22)19-13(2)14-9-10-14)12-18(23)20-15-7-5-6-8-16(15)24-3/h5-8,13-14H,4,9-12H2,1-3H3,(H,19,22)(H,20,23)/t13-/m1/s1. The highest BCUT2D eigenvalue weighted by Crippen LogP contribution is 2.32. The summed E-state index contributed by atoms with van der Waals surface area (Å²) in [6, 6.07) is 7.48. The van der Waals surface area contributed by atoms with Gasteiger partial charge in [0.1, 0.15) is 5.75 Å². The lowest BCUT2D eigenvalue weighted by atomic mass is 10.2. The van der Waals surface area contributed by atoms with Crippen molar-refractivity contribution < 1.29 is 14.3 Å². The van der Waals surface area contributed by atoms with Gasteiger partial charge in [-0.25, -0.2) is 0 Å². The molecule has 0 aliphatic heterocycles. The minimum Gasteiger partial charge on any atom is -0.495 e. The number of hydrogen-bond donors (Lipinski definition) is 2. The predicted molar refractivity (Wildman–Crippen MR) is 94.1 cm³/mol. The van der Waals surface area contributed by atoms with Gasteiger partial charge in [0.25, 0.3) is 0 Å². The number of likely N-dealkylation sites (N-methyl/N-ethyl adjacent to an activating group) is 1. The van der Waals surface area contributed by atoms with E-state index in [9.17, 15) is 9.59 Å². The lowest BCUT2D eigenvalue weighted by molar-refractivity contribution is -0.124. The van der Waals surface area contributed by atoms with Gasteiger partial charge in [0.05, 0.1) is 25.9 Å². The zero-order valence-electron chi connectivity index (χ0n) is 14.7. The molecule has 0 radical (unpaired) electrons. The number of carbonyl (C=O) groups is 2. The molecule has 1 atom stereocenters. The Bertz CT molecular complexity index is 572. The molecule has 2 amide bonds. The highest BCUT2D eigenvalue weighted by molar-refractivity contribution is 5.94. The average Bonchev–Trinajstić information content (AvgIpc) is 3.39. The van der Waals surface area contributed by atoms with E-state index in [1.165, 1.54) is 12.8 Å². The lowest BCUT2D eigenvalue weighted by Gasteiger charge is -2.21. The van der Waals surface area contributed by atoms with Crippen molar-refractivity contribution in [2.75, 3.05) is 32.1 Å². The summed E-state index contributed by atoms with van der Waals surface area (Å²) in [5, 5.41) is 5.85. The van der Waals surface area contributed by atoms with Crippen LogP contribution >= 0.6 is 0 Å². The van der Waals surface area contributed by atoms with Gasteiger partial charge in [-0.1, -0.05) is 19.1 Å². The Kier molecular flexibility index (Phi) is 6.61. The van der Waals surface area contributed by atoms with Crippen molar-refractivity contribution in [1.29, 1.82) is 0 Å². The molecule has 132 valence electrons. The molecular weight excluding hydrogens is 306 g/mol. The third-order valence-corrected chi connectivity index (χ3v) is 4.28. The average molecular weight is 333 g/mol. The van der Waals surface area contributed by atoms with Crippen molar-refractivity contribution >= 4 is 17.5 Å².